The monoisotopic (exact) mass is 386 g/mol. The second kappa shape index (κ2) is 9.37. The van der Waals surface area contributed by atoms with Crippen LogP contribution in [0.3, 0.4) is 0 Å². The molecule has 0 spiro atoms. The van der Waals surface area contributed by atoms with E-state index in [1.807, 2.05) is 53.4 Å². The van der Waals surface area contributed by atoms with Crippen molar-refractivity contribution in [3.63, 3.8) is 0 Å². The van der Waals surface area contributed by atoms with E-state index in [4.69, 9.17) is 4.74 Å². The van der Waals surface area contributed by atoms with Crippen LogP contribution in [0.5, 0.6) is 11.5 Å². The van der Waals surface area contributed by atoms with E-state index in [0.29, 0.717) is 11.5 Å². The van der Waals surface area contributed by atoms with E-state index in [0.717, 1.165) is 50.3 Å². The highest BCUT2D eigenvalue weighted by Gasteiger charge is 2.22. The van der Waals surface area contributed by atoms with Crippen molar-refractivity contribution in [1.82, 2.24) is 9.88 Å². The van der Waals surface area contributed by atoms with Crippen molar-refractivity contribution in [2.75, 3.05) is 13.1 Å². The third-order valence-electron chi connectivity index (χ3n) is 5.45. The normalized spacial score (nSPS) is 16.8. The van der Waals surface area contributed by atoms with Gasteiger partial charge in [-0.3, -0.25) is 9.78 Å². The van der Waals surface area contributed by atoms with E-state index in [1.165, 1.54) is 5.56 Å². The Morgan fingerprint density at radius 1 is 0.966 bits per heavy atom. The lowest BCUT2D eigenvalue weighted by Gasteiger charge is -2.20. The van der Waals surface area contributed by atoms with Crippen LogP contribution in [-0.4, -0.2) is 28.9 Å². The number of nitrogens with zero attached hydrogens (tertiary/aromatic N) is 2. The van der Waals surface area contributed by atoms with Gasteiger partial charge in [-0.05, 0) is 73.6 Å². The zero-order valence-corrected chi connectivity index (χ0v) is 16.5. The average molecular weight is 386 g/mol. The number of benzene rings is 2. The molecule has 1 aliphatic rings. The smallest absolute Gasteiger partial charge is 0.255 e. The summed E-state index contributed by atoms with van der Waals surface area (Å²) in [5, 5.41) is 0. The molecular weight excluding hydrogens is 360 g/mol. The summed E-state index contributed by atoms with van der Waals surface area (Å²) in [5.74, 6) is 2.39. The van der Waals surface area contributed by atoms with Gasteiger partial charge in [0, 0.05) is 25.5 Å². The van der Waals surface area contributed by atoms with Gasteiger partial charge in [0.2, 0.25) is 0 Å². The summed E-state index contributed by atoms with van der Waals surface area (Å²) in [5.41, 5.74) is 1.96. The molecule has 4 rings (SSSR count). The van der Waals surface area contributed by atoms with E-state index in [2.05, 4.69) is 23.2 Å². The SMILES string of the molecule is O=C(c1cccnc1)N1CCCC(Cc2cccc(Oc3ccccc3)c2)CC1. The van der Waals surface area contributed by atoms with Crippen molar-refractivity contribution in [3.8, 4) is 11.5 Å². The van der Waals surface area contributed by atoms with Crippen LogP contribution in [0, 0.1) is 5.92 Å². The second-order valence-corrected chi connectivity index (χ2v) is 7.60. The molecule has 0 aliphatic carbocycles. The van der Waals surface area contributed by atoms with E-state index < -0.39 is 0 Å². The standard InChI is InChI=1S/C25H26N2O2/c28-25(22-9-5-14-26-19-22)27-15-6-8-20(13-16-27)17-21-7-4-12-24(18-21)29-23-10-2-1-3-11-23/h1-5,7,9-12,14,18-20H,6,8,13,15-17H2. The molecule has 2 heterocycles. The molecule has 1 unspecified atom stereocenters. The first-order chi connectivity index (χ1) is 14.3. The number of pyridine rings is 1. The van der Waals surface area contributed by atoms with Crippen LogP contribution >= 0.6 is 0 Å². The molecule has 1 amide bonds. The summed E-state index contributed by atoms with van der Waals surface area (Å²) in [6.07, 6.45) is 7.57. The van der Waals surface area contributed by atoms with Crippen LogP contribution in [0.1, 0.15) is 35.2 Å². The Balaban J connectivity index is 1.36. The molecule has 0 radical (unpaired) electrons. The highest BCUT2D eigenvalue weighted by atomic mass is 16.5. The number of hydrogen-bond donors (Lipinski definition) is 0. The molecule has 2 aromatic carbocycles. The van der Waals surface area contributed by atoms with Crippen LogP contribution in [0.2, 0.25) is 0 Å². The second-order valence-electron chi connectivity index (χ2n) is 7.60. The number of para-hydroxylation sites is 1. The topological polar surface area (TPSA) is 42.4 Å². The molecule has 1 aromatic heterocycles. The minimum atomic E-state index is 0.0945. The van der Waals surface area contributed by atoms with E-state index in [9.17, 15) is 4.79 Å². The average Bonchev–Trinajstić information content (AvgIpc) is 3.00. The zero-order valence-electron chi connectivity index (χ0n) is 16.5. The summed E-state index contributed by atoms with van der Waals surface area (Å²) >= 11 is 0. The molecule has 1 fully saturated rings. The minimum absolute atomic E-state index is 0.0945. The molecule has 1 atom stereocenters. The summed E-state index contributed by atoms with van der Waals surface area (Å²) in [6.45, 7) is 1.62. The van der Waals surface area contributed by atoms with Gasteiger partial charge < -0.3 is 9.64 Å². The van der Waals surface area contributed by atoms with Crippen molar-refractivity contribution < 1.29 is 9.53 Å². The Hall–Kier alpha value is -3.14. The molecule has 4 heteroatoms. The Morgan fingerprint density at radius 3 is 2.66 bits per heavy atom. The van der Waals surface area contributed by atoms with Gasteiger partial charge in [0.1, 0.15) is 11.5 Å². The lowest BCUT2D eigenvalue weighted by atomic mass is 9.93. The van der Waals surface area contributed by atoms with Crippen LogP contribution in [0.15, 0.2) is 79.1 Å². The quantitative estimate of drug-likeness (QED) is 0.593. The third kappa shape index (κ3) is 5.23. The molecule has 0 saturated carbocycles. The van der Waals surface area contributed by atoms with Gasteiger partial charge in [-0.15, -0.1) is 0 Å². The van der Waals surface area contributed by atoms with Gasteiger partial charge in [-0.1, -0.05) is 30.3 Å². The number of carbonyl (C=O) groups is 1. The highest BCUT2D eigenvalue weighted by Crippen LogP contribution is 2.26. The van der Waals surface area contributed by atoms with Crippen LogP contribution < -0.4 is 4.74 Å². The van der Waals surface area contributed by atoms with E-state index in [1.54, 1.807) is 12.4 Å². The third-order valence-corrected chi connectivity index (χ3v) is 5.45. The van der Waals surface area contributed by atoms with Crippen molar-refractivity contribution in [3.05, 3.63) is 90.3 Å². The lowest BCUT2D eigenvalue weighted by Crippen LogP contribution is -2.32. The molecule has 0 bridgehead atoms. The molecule has 148 valence electrons. The number of likely N-dealkylation sites (tertiary alicyclic amines) is 1. The molecule has 3 aromatic rings. The van der Waals surface area contributed by atoms with Crippen molar-refractivity contribution >= 4 is 5.91 Å². The highest BCUT2D eigenvalue weighted by molar-refractivity contribution is 5.93. The number of ether oxygens (including phenoxy) is 1. The van der Waals surface area contributed by atoms with Gasteiger partial charge in [0.15, 0.2) is 0 Å². The fraction of sp³-hybridized carbons (Fsp3) is 0.280. The summed E-state index contributed by atoms with van der Waals surface area (Å²) in [6, 6.07) is 21.9. The molecule has 0 N–H and O–H groups in total. The van der Waals surface area contributed by atoms with Gasteiger partial charge in [-0.25, -0.2) is 0 Å². The molecular formula is C25H26N2O2. The summed E-state index contributed by atoms with van der Waals surface area (Å²) < 4.78 is 5.97. The predicted octanol–water partition coefficient (Wildman–Crippen LogP) is 5.36. The van der Waals surface area contributed by atoms with Gasteiger partial charge >= 0.3 is 0 Å². The first-order valence-corrected chi connectivity index (χ1v) is 10.3. The number of hydrogen-bond acceptors (Lipinski definition) is 3. The van der Waals surface area contributed by atoms with Crippen LogP contribution in [0.25, 0.3) is 0 Å². The first-order valence-electron chi connectivity index (χ1n) is 10.3. The molecule has 4 nitrogen and oxygen atoms in total. The number of rotatable bonds is 5. The van der Waals surface area contributed by atoms with Gasteiger partial charge in [-0.2, -0.15) is 0 Å². The predicted molar refractivity (Wildman–Crippen MR) is 114 cm³/mol. The Kier molecular flexibility index (Phi) is 6.20. The number of carbonyl (C=O) groups excluding carboxylic acids is 1. The summed E-state index contributed by atoms with van der Waals surface area (Å²) in [7, 11) is 0. The van der Waals surface area contributed by atoms with Gasteiger partial charge in [0.05, 0.1) is 5.56 Å². The molecule has 1 saturated heterocycles. The Bertz CT molecular complexity index is 928. The number of amides is 1. The maximum Gasteiger partial charge on any atom is 0.255 e. The van der Waals surface area contributed by atoms with Crippen LogP contribution in [-0.2, 0) is 6.42 Å². The van der Waals surface area contributed by atoms with Crippen molar-refractivity contribution in [2.45, 2.75) is 25.7 Å². The van der Waals surface area contributed by atoms with Crippen molar-refractivity contribution in [2.24, 2.45) is 5.92 Å². The minimum Gasteiger partial charge on any atom is -0.457 e. The number of aromatic nitrogens is 1. The van der Waals surface area contributed by atoms with Gasteiger partial charge in [0.25, 0.3) is 5.91 Å². The first kappa shape index (κ1) is 19.2. The maximum absolute atomic E-state index is 12.7. The fourth-order valence-corrected chi connectivity index (χ4v) is 3.94. The van der Waals surface area contributed by atoms with E-state index >= 15 is 0 Å². The Labute approximate surface area is 172 Å². The fourth-order valence-electron chi connectivity index (χ4n) is 3.94. The maximum atomic E-state index is 12.7. The Morgan fingerprint density at radius 2 is 1.83 bits per heavy atom. The summed E-state index contributed by atoms with van der Waals surface area (Å²) in [4.78, 5) is 18.8. The lowest BCUT2D eigenvalue weighted by molar-refractivity contribution is 0.0759. The molecule has 29 heavy (non-hydrogen) atoms. The largest absolute Gasteiger partial charge is 0.457 e. The van der Waals surface area contributed by atoms with Crippen molar-refractivity contribution in [1.29, 1.82) is 0 Å². The zero-order chi connectivity index (χ0) is 19.9. The molecule has 1 aliphatic heterocycles. The van der Waals surface area contributed by atoms with Crippen LogP contribution in [0.4, 0.5) is 0 Å². The van der Waals surface area contributed by atoms with E-state index in [-0.39, 0.29) is 5.91 Å².